The third-order valence-electron chi connectivity index (χ3n) is 9.66. The first-order valence-electron chi connectivity index (χ1n) is 18.1. The van der Waals surface area contributed by atoms with Crippen LogP contribution in [0, 0.1) is 36.4 Å². The number of aromatic nitrogens is 3. The Hall–Kier alpha value is -4.87. The molecule has 51 heavy (non-hydrogen) atoms. The number of aryl methyl sites for hydroxylation is 4. The van der Waals surface area contributed by atoms with Gasteiger partial charge in [-0.15, -0.1) is 6.58 Å². The lowest BCUT2D eigenvalue weighted by atomic mass is 9.91. The molecule has 0 spiro atoms. The fraction of sp³-hybridized carbons (Fsp3) is 0.395. The molecular weight excluding hydrogens is 636 g/mol. The lowest BCUT2D eigenvalue weighted by molar-refractivity contribution is 0.104. The van der Waals surface area contributed by atoms with Gasteiger partial charge in [-0.05, 0) is 111 Å². The van der Waals surface area contributed by atoms with E-state index in [1.54, 1.807) is 18.2 Å². The number of carbonyl (C=O) groups excluding carboxylic acids is 1. The number of halogens is 1. The molecule has 2 fully saturated rings. The maximum absolute atomic E-state index is 13.0. The predicted molar refractivity (Wildman–Crippen MR) is 208 cm³/mol. The molecule has 0 atom stereocenters. The van der Waals surface area contributed by atoms with Gasteiger partial charge in [0.1, 0.15) is 11.6 Å². The van der Waals surface area contributed by atoms with Crippen molar-refractivity contribution in [2.45, 2.75) is 72.8 Å². The lowest BCUT2D eigenvalue weighted by Crippen LogP contribution is -2.48. The van der Waals surface area contributed by atoms with Crippen molar-refractivity contribution in [1.29, 1.82) is 5.26 Å². The molecule has 8 heteroatoms. The molecule has 0 radical (unpaired) electrons. The number of anilines is 1. The Morgan fingerprint density at radius 2 is 1.80 bits per heavy atom. The summed E-state index contributed by atoms with van der Waals surface area (Å²) >= 11 is 0. The Bertz CT molecular complexity index is 1820. The van der Waals surface area contributed by atoms with E-state index in [4.69, 9.17) is 5.26 Å². The van der Waals surface area contributed by atoms with E-state index in [1.165, 1.54) is 48.2 Å². The Labute approximate surface area is 305 Å². The average Bonchev–Trinajstić information content (AvgIpc) is 3.74. The lowest BCUT2D eigenvalue weighted by Gasteiger charge is -2.37. The number of benzene rings is 2. The van der Waals surface area contributed by atoms with Gasteiger partial charge in [0.2, 0.25) is 0 Å². The molecule has 2 aromatic heterocycles. The number of imidazole rings is 1. The van der Waals surface area contributed by atoms with Crippen molar-refractivity contribution in [3.63, 3.8) is 0 Å². The van der Waals surface area contributed by atoms with Gasteiger partial charge in [0.05, 0.1) is 18.0 Å². The Morgan fingerprint density at radius 1 is 1.04 bits per heavy atom. The second-order valence-corrected chi connectivity index (χ2v) is 13.6. The van der Waals surface area contributed by atoms with E-state index >= 15 is 0 Å². The van der Waals surface area contributed by atoms with E-state index in [1.807, 2.05) is 24.7 Å². The number of pyridine rings is 1. The Morgan fingerprint density at radius 3 is 2.41 bits per heavy atom. The number of hydrogen-bond donors (Lipinski definition) is 0. The summed E-state index contributed by atoms with van der Waals surface area (Å²) < 4.78 is 15.2. The summed E-state index contributed by atoms with van der Waals surface area (Å²) in [6, 6.07) is 18.7. The van der Waals surface area contributed by atoms with Gasteiger partial charge in [-0.2, -0.15) is 5.26 Å². The van der Waals surface area contributed by atoms with Crippen molar-refractivity contribution in [2.75, 3.05) is 37.6 Å². The van der Waals surface area contributed by atoms with Gasteiger partial charge in [-0.3, -0.25) is 9.69 Å². The number of piperazine rings is 1. The van der Waals surface area contributed by atoms with Crippen LogP contribution in [-0.4, -0.2) is 57.9 Å². The van der Waals surface area contributed by atoms with Crippen molar-refractivity contribution < 1.29 is 10.6 Å². The highest BCUT2D eigenvalue weighted by molar-refractivity contribution is 6.04. The minimum Gasteiger partial charge on any atom is -0.354 e. The SMILES string of the molecule is C=CC(=O)c1ccc(C)c(CC2(CN3CCN(c4cccc(C)n4)CC3)CC2)c1.C=CCc1ccc(C#N)cc1F.CCCc1cncn1CC.[HH]. The Balaban J connectivity index is 0.000000260. The molecule has 6 rings (SSSR count). The third kappa shape index (κ3) is 11.3. The van der Waals surface area contributed by atoms with E-state index in [-0.39, 0.29) is 13.0 Å². The molecule has 4 aromatic rings. The first-order valence-corrected chi connectivity index (χ1v) is 18.1. The van der Waals surface area contributed by atoms with Crippen LogP contribution in [0.5, 0.6) is 0 Å². The molecule has 0 unspecified atom stereocenters. The van der Waals surface area contributed by atoms with Crippen LogP contribution in [0.2, 0.25) is 0 Å². The van der Waals surface area contributed by atoms with E-state index < -0.39 is 0 Å². The molecule has 3 heterocycles. The highest BCUT2D eigenvalue weighted by atomic mass is 19.1. The Kier molecular flexibility index (Phi) is 14.5. The number of hydrogen-bond acceptors (Lipinski definition) is 6. The second-order valence-electron chi connectivity index (χ2n) is 13.6. The monoisotopic (exact) mass is 690 g/mol. The van der Waals surface area contributed by atoms with Gasteiger partial charge in [0.25, 0.3) is 0 Å². The zero-order chi connectivity index (χ0) is 36.8. The van der Waals surface area contributed by atoms with Gasteiger partial charge in [0, 0.05) is 63.8 Å². The number of carbonyl (C=O) groups is 1. The summed E-state index contributed by atoms with van der Waals surface area (Å²) in [5, 5.41) is 8.45. The van der Waals surface area contributed by atoms with Gasteiger partial charge in [-0.25, -0.2) is 14.4 Å². The zero-order valence-electron chi connectivity index (χ0n) is 30.9. The number of nitriles is 1. The quantitative estimate of drug-likeness (QED) is 0.0841. The fourth-order valence-electron chi connectivity index (χ4n) is 6.45. The minimum atomic E-state index is -0.339. The number of allylic oxidation sites excluding steroid dienone is 2. The number of ketones is 1. The predicted octanol–water partition coefficient (Wildman–Crippen LogP) is 8.74. The van der Waals surface area contributed by atoms with Crippen LogP contribution in [0.15, 0.2) is 92.4 Å². The van der Waals surface area contributed by atoms with Gasteiger partial charge in [-0.1, -0.05) is 50.3 Å². The molecular formula is C43H55FN6O. The first-order chi connectivity index (χ1) is 24.6. The second kappa shape index (κ2) is 18.9. The van der Waals surface area contributed by atoms with Crippen molar-refractivity contribution in [3.8, 4) is 6.07 Å². The van der Waals surface area contributed by atoms with E-state index in [0.717, 1.165) is 69.2 Å². The zero-order valence-corrected chi connectivity index (χ0v) is 30.9. The minimum absolute atomic E-state index is 0. The molecule has 2 aliphatic rings. The van der Waals surface area contributed by atoms with Crippen molar-refractivity contribution in [2.24, 2.45) is 5.41 Å². The standard InChI is InChI=1S/C25H31N3O.C10H8FN.C8H14N2.H2/c1-4-23(29)21-9-8-19(2)22(16-21)17-25(10-11-25)18-27-12-14-28(15-13-27)24-7-5-6-20(3)26-24;1-2-3-9-5-4-8(7-12)6-10(9)11;1-3-5-8-6-9-7-10(8)4-2;/h4-9,16H,1,10-15,17-18H2,2-3H3;2,4-6H,1,3H2;6-7H,3-5H2,1-2H3;1H. The summed E-state index contributed by atoms with van der Waals surface area (Å²) in [6.07, 6.45) is 13.4. The maximum Gasteiger partial charge on any atom is 0.185 e. The van der Waals surface area contributed by atoms with E-state index in [9.17, 15) is 9.18 Å². The van der Waals surface area contributed by atoms with Crippen molar-refractivity contribution in [3.05, 3.63) is 137 Å². The molecule has 7 nitrogen and oxygen atoms in total. The van der Waals surface area contributed by atoms with Gasteiger partial charge >= 0.3 is 0 Å². The van der Waals surface area contributed by atoms with Crippen molar-refractivity contribution >= 4 is 11.6 Å². The van der Waals surface area contributed by atoms with Crippen LogP contribution in [-0.2, 0) is 25.8 Å². The highest BCUT2D eigenvalue weighted by Gasteiger charge is 2.44. The van der Waals surface area contributed by atoms with Gasteiger partial charge < -0.3 is 9.47 Å². The molecule has 1 saturated carbocycles. The summed E-state index contributed by atoms with van der Waals surface area (Å²) in [6.45, 7) is 22.1. The molecule has 2 aromatic carbocycles. The van der Waals surface area contributed by atoms with Crippen LogP contribution in [0.25, 0.3) is 0 Å². The third-order valence-corrected chi connectivity index (χ3v) is 9.66. The molecule has 1 aliphatic heterocycles. The van der Waals surface area contributed by atoms with Crippen LogP contribution in [0.3, 0.4) is 0 Å². The largest absolute Gasteiger partial charge is 0.354 e. The summed E-state index contributed by atoms with van der Waals surface area (Å²) in [5.41, 5.74) is 7.09. The molecule has 270 valence electrons. The van der Waals surface area contributed by atoms with Crippen LogP contribution >= 0.6 is 0 Å². The topological polar surface area (TPSA) is 78.1 Å². The smallest absolute Gasteiger partial charge is 0.185 e. The molecule has 0 N–H and O–H groups in total. The maximum atomic E-state index is 13.0. The van der Waals surface area contributed by atoms with Crippen LogP contribution in [0.1, 0.15) is 78.5 Å². The summed E-state index contributed by atoms with van der Waals surface area (Å²) in [4.78, 5) is 25.8. The summed E-state index contributed by atoms with van der Waals surface area (Å²) in [7, 11) is 0. The van der Waals surface area contributed by atoms with Crippen LogP contribution < -0.4 is 4.90 Å². The van der Waals surface area contributed by atoms with Gasteiger partial charge in [0.15, 0.2) is 5.78 Å². The van der Waals surface area contributed by atoms with E-state index in [0.29, 0.717) is 23.0 Å². The summed E-state index contributed by atoms with van der Waals surface area (Å²) in [5.74, 6) is 0.774. The van der Waals surface area contributed by atoms with Crippen LogP contribution in [0.4, 0.5) is 10.2 Å². The normalized spacial score (nSPS) is 14.6. The molecule has 0 bridgehead atoms. The fourth-order valence-corrected chi connectivity index (χ4v) is 6.45. The van der Waals surface area contributed by atoms with E-state index in [2.05, 4.69) is 95.5 Å². The number of nitrogens with zero attached hydrogens (tertiary/aromatic N) is 6. The van der Waals surface area contributed by atoms with Crippen molar-refractivity contribution in [1.82, 2.24) is 19.4 Å². The average molecular weight is 691 g/mol. The molecule has 1 saturated heterocycles. The first kappa shape index (κ1) is 38.9. The molecule has 0 amide bonds. The molecule has 1 aliphatic carbocycles. The number of rotatable bonds is 12. The highest BCUT2D eigenvalue weighted by Crippen LogP contribution is 2.49.